The maximum absolute atomic E-state index is 4.44. The summed E-state index contributed by atoms with van der Waals surface area (Å²) in [4.78, 5) is 5.86. The Morgan fingerprint density at radius 2 is 2.08 bits per heavy atom. The van der Waals surface area contributed by atoms with Crippen LogP contribution in [0.4, 0.5) is 0 Å². The Hall–Kier alpha value is -0.0200. The molecule has 0 aliphatic rings. The summed E-state index contributed by atoms with van der Waals surface area (Å²) >= 11 is 3.66. The van der Waals surface area contributed by atoms with Crippen molar-refractivity contribution in [2.45, 2.75) is 38.4 Å². The normalized spacial score (nSPS) is 12.5. The van der Waals surface area contributed by atoms with Gasteiger partial charge in [-0.2, -0.15) is 11.8 Å². The molecule has 13 heavy (non-hydrogen) atoms. The van der Waals surface area contributed by atoms with Crippen molar-refractivity contribution in [3.63, 3.8) is 0 Å². The van der Waals surface area contributed by atoms with E-state index >= 15 is 0 Å². The van der Waals surface area contributed by atoms with Gasteiger partial charge in [0.2, 0.25) is 0 Å². The van der Waals surface area contributed by atoms with Gasteiger partial charge in [-0.25, -0.2) is 4.98 Å². The molecule has 0 fully saturated rings. The molecule has 1 heterocycles. The van der Waals surface area contributed by atoms with Gasteiger partial charge >= 0.3 is 0 Å². The van der Waals surface area contributed by atoms with E-state index in [0.717, 1.165) is 0 Å². The Bertz CT molecular complexity index is 276. The quantitative estimate of drug-likeness (QED) is 0.759. The van der Waals surface area contributed by atoms with E-state index in [1.54, 1.807) is 11.3 Å². The SMILES string of the molecule is CSC(C)(C)c1scnc1C(C)C. The van der Waals surface area contributed by atoms with Crippen molar-refractivity contribution in [3.8, 4) is 0 Å². The smallest absolute Gasteiger partial charge is 0.0798 e. The maximum atomic E-state index is 4.44. The zero-order chi connectivity index (χ0) is 10.1. The van der Waals surface area contributed by atoms with Crippen LogP contribution in [-0.2, 0) is 4.75 Å². The summed E-state index contributed by atoms with van der Waals surface area (Å²) in [5.74, 6) is 0.535. The molecule has 0 aromatic carbocycles. The number of rotatable bonds is 3. The van der Waals surface area contributed by atoms with Crippen LogP contribution in [0.15, 0.2) is 5.51 Å². The molecule has 1 aromatic rings. The maximum Gasteiger partial charge on any atom is 0.0798 e. The Morgan fingerprint density at radius 3 is 2.54 bits per heavy atom. The number of thiazole rings is 1. The van der Waals surface area contributed by atoms with Crippen molar-refractivity contribution in [2.24, 2.45) is 0 Å². The Kier molecular flexibility index (Phi) is 3.41. The first-order valence-electron chi connectivity index (χ1n) is 4.48. The Labute approximate surface area is 89.0 Å². The highest BCUT2D eigenvalue weighted by Crippen LogP contribution is 2.39. The van der Waals surface area contributed by atoms with Crippen molar-refractivity contribution in [1.82, 2.24) is 4.98 Å². The molecular formula is C10H17NS2. The first kappa shape index (κ1) is 11.1. The fraction of sp³-hybridized carbons (Fsp3) is 0.700. The highest BCUT2D eigenvalue weighted by molar-refractivity contribution is 7.99. The highest BCUT2D eigenvalue weighted by Gasteiger charge is 2.25. The molecule has 0 saturated heterocycles. The largest absolute Gasteiger partial charge is 0.249 e. The second-order valence-electron chi connectivity index (χ2n) is 3.94. The second-order valence-corrected chi connectivity index (χ2v) is 6.22. The molecule has 0 atom stereocenters. The summed E-state index contributed by atoms with van der Waals surface area (Å²) in [5.41, 5.74) is 3.23. The molecule has 1 nitrogen and oxygen atoms in total. The lowest BCUT2D eigenvalue weighted by atomic mass is 10.0. The molecule has 0 aliphatic heterocycles. The van der Waals surface area contributed by atoms with Crippen LogP contribution in [0.1, 0.15) is 44.2 Å². The predicted molar refractivity (Wildman–Crippen MR) is 62.7 cm³/mol. The third-order valence-electron chi connectivity index (χ3n) is 2.20. The van der Waals surface area contributed by atoms with Crippen molar-refractivity contribution in [3.05, 3.63) is 16.1 Å². The molecule has 1 aromatic heterocycles. The van der Waals surface area contributed by atoms with E-state index in [4.69, 9.17) is 0 Å². The molecule has 0 amide bonds. The van der Waals surface area contributed by atoms with E-state index in [9.17, 15) is 0 Å². The molecule has 0 N–H and O–H groups in total. The topological polar surface area (TPSA) is 12.9 Å². The zero-order valence-electron chi connectivity index (χ0n) is 8.92. The van der Waals surface area contributed by atoms with Crippen LogP contribution < -0.4 is 0 Å². The summed E-state index contributed by atoms with van der Waals surface area (Å²) in [6.45, 7) is 8.93. The van der Waals surface area contributed by atoms with Crippen molar-refractivity contribution in [1.29, 1.82) is 0 Å². The van der Waals surface area contributed by atoms with Crippen LogP contribution in [0.25, 0.3) is 0 Å². The molecule has 74 valence electrons. The van der Waals surface area contributed by atoms with Gasteiger partial charge in [0.05, 0.1) is 11.2 Å². The number of hydrogen-bond acceptors (Lipinski definition) is 3. The van der Waals surface area contributed by atoms with Gasteiger partial charge in [-0.15, -0.1) is 11.3 Å². The molecule has 0 bridgehead atoms. The average molecular weight is 215 g/mol. The van der Waals surface area contributed by atoms with Crippen LogP contribution in [-0.4, -0.2) is 11.2 Å². The lowest BCUT2D eigenvalue weighted by Gasteiger charge is -2.22. The van der Waals surface area contributed by atoms with Gasteiger partial charge in [-0.05, 0) is 26.0 Å². The molecule has 0 unspecified atom stereocenters. The van der Waals surface area contributed by atoms with Gasteiger partial charge in [0.15, 0.2) is 0 Å². The summed E-state index contributed by atoms with van der Waals surface area (Å²) in [6.07, 6.45) is 2.16. The fourth-order valence-corrected chi connectivity index (χ4v) is 2.86. The van der Waals surface area contributed by atoms with Crippen LogP contribution in [0.3, 0.4) is 0 Å². The Balaban J connectivity index is 3.07. The number of hydrogen-bond donors (Lipinski definition) is 0. The van der Waals surface area contributed by atoms with Crippen molar-refractivity contribution < 1.29 is 0 Å². The van der Waals surface area contributed by atoms with Crippen LogP contribution in [0.2, 0.25) is 0 Å². The van der Waals surface area contributed by atoms with Crippen LogP contribution in [0.5, 0.6) is 0 Å². The molecule has 1 rings (SSSR count). The first-order chi connectivity index (χ1) is 5.99. The van der Waals surface area contributed by atoms with E-state index in [1.165, 1.54) is 10.6 Å². The summed E-state index contributed by atoms with van der Waals surface area (Å²) < 4.78 is 0.209. The van der Waals surface area contributed by atoms with E-state index in [0.29, 0.717) is 5.92 Å². The van der Waals surface area contributed by atoms with Gasteiger partial charge < -0.3 is 0 Å². The molecule has 0 radical (unpaired) electrons. The number of thioether (sulfide) groups is 1. The minimum absolute atomic E-state index is 0.209. The fourth-order valence-electron chi connectivity index (χ4n) is 1.21. The molecule has 0 aliphatic carbocycles. The summed E-state index contributed by atoms with van der Waals surface area (Å²) in [7, 11) is 0. The second kappa shape index (κ2) is 4.01. The minimum Gasteiger partial charge on any atom is -0.249 e. The molecule has 0 saturated carbocycles. The van der Waals surface area contributed by atoms with Crippen molar-refractivity contribution in [2.75, 3.05) is 6.26 Å². The average Bonchev–Trinajstić information content (AvgIpc) is 2.52. The molecule has 0 spiro atoms. The van der Waals surface area contributed by atoms with E-state index < -0.39 is 0 Å². The monoisotopic (exact) mass is 215 g/mol. The third-order valence-corrected chi connectivity index (χ3v) is 4.72. The third kappa shape index (κ3) is 2.26. The molecular weight excluding hydrogens is 198 g/mol. The lowest BCUT2D eigenvalue weighted by molar-refractivity contribution is 0.744. The van der Waals surface area contributed by atoms with Gasteiger partial charge in [0.25, 0.3) is 0 Å². The van der Waals surface area contributed by atoms with Crippen LogP contribution >= 0.6 is 23.1 Å². The van der Waals surface area contributed by atoms with Crippen LogP contribution in [0, 0.1) is 0 Å². The minimum atomic E-state index is 0.209. The first-order valence-corrected chi connectivity index (χ1v) is 6.58. The van der Waals surface area contributed by atoms with Gasteiger partial charge in [0.1, 0.15) is 0 Å². The number of nitrogens with zero attached hydrogens (tertiary/aromatic N) is 1. The highest BCUT2D eigenvalue weighted by atomic mass is 32.2. The van der Waals surface area contributed by atoms with E-state index in [1.807, 2.05) is 17.3 Å². The van der Waals surface area contributed by atoms with Gasteiger partial charge in [-0.3, -0.25) is 0 Å². The molecule has 3 heteroatoms. The summed E-state index contributed by atoms with van der Waals surface area (Å²) in [5, 5.41) is 0. The van der Waals surface area contributed by atoms with E-state index in [-0.39, 0.29) is 4.75 Å². The lowest BCUT2D eigenvalue weighted by Crippen LogP contribution is -2.12. The summed E-state index contributed by atoms with van der Waals surface area (Å²) in [6, 6.07) is 0. The van der Waals surface area contributed by atoms with Gasteiger partial charge in [0, 0.05) is 9.62 Å². The number of aromatic nitrogens is 1. The van der Waals surface area contributed by atoms with Gasteiger partial charge in [-0.1, -0.05) is 13.8 Å². The zero-order valence-corrected chi connectivity index (χ0v) is 10.6. The van der Waals surface area contributed by atoms with E-state index in [2.05, 4.69) is 38.9 Å². The Morgan fingerprint density at radius 1 is 1.46 bits per heavy atom. The van der Waals surface area contributed by atoms with Crippen molar-refractivity contribution >= 4 is 23.1 Å². The predicted octanol–water partition coefficient (Wildman–Crippen LogP) is 3.86. The standard InChI is InChI=1S/C10H17NS2/c1-7(2)8-9(13-6-11-8)10(3,4)12-5/h6-7H,1-5H3.